The van der Waals surface area contributed by atoms with E-state index in [2.05, 4.69) is 0 Å². The van der Waals surface area contributed by atoms with Crippen molar-refractivity contribution in [1.29, 1.82) is 0 Å². The van der Waals surface area contributed by atoms with Gasteiger partial charge in [-0.1, -0.05) is 60.7 Å². The zero-order chi connectivity index (χ0) is 14.7. The first-order valence-electron chi connectivity index (χ1n) is 6.61. The third-order valence-corrected chi connectivity index (χ3v) is 3.22. The lowest BCUT2D eigenvalue weighted by Crippen LogP contribution is -2.04. The van der Waals surface area contributed by atoms with Crippen molar-refractivity contribution in [3.05, 3.63) is 83.3 Å². The molecule has 1 aliphatic rings. The molecule has 1 atom stereocenters. The number of carbonyl (C=O) groups excluding carboxylic acids is 1. The minimum Gasteiger partial charge on any atom is -0.505 e. The van der Waals surface area contributed by atoms with Crippen LogP contribution in [0.4, 0.5) is 0 Å². The molecule has 1 heterocycles. The van der Waals surface area contributed by atoms with Gasteiger partial charge in [0.1, 0.15) is 6.61 Å². The van der Waals surface area contributed by atoms with Gasteiger partial charge in [0.25, 0.3) is 0 Å². The van der Waals surface area contributed by atoms with E-state index >= 15 is 0 Å². The summed E-state index contributed by atoms with van der Waals surface area (Å²) in [7, 11) is 0. The summed E-state index contributed by atoms with van der Waals surface area (Å²) in [4.78, 5) is 11.8. The number of hydrogen-bond acceptors (Lipinski definition) is 4. The van der Waals surface area contributed by atoms with E-state index in [0.29, 0.717) is 5.56 Å². The van der Waals surface area contributed by atoms with E-state index in [1.807, 2.05) is 48.5 Å². The lowest BCUT2D eigenvalue weighted by Gasteiger charge is -2.09. The Labute approximate surface area is 122 Å². The van der Waals surface area contributed by atoms with Crippen LogP contribution in [-0.4, -0.2) is 11.1 Å². The molecular weight excluding hydrogens is 268 g/mol. The highest BCUT2D eigenvalue weighted by Gasteiger charge is 2.37. The molecule has 0 bridgehead atoms. The smallest absolute Gasteiger partial charge is 0.378 e. The average molecular weight is 282 g/mol. The summed E-state index contributed by atoms with van der Waals surface area (Å²) in [6, 6.07) is 18.5. The Hall–Kier alpha value is -2.75. The highest BCUT2D eigenvalue weighted by molar-refractivity contribution is 5.89. The zero-order valence-corrected chi connectivity index (χ0v) is 11.2. The molecule has 21 heavy (non-hydrogen) atoms. The van der Waals surface area contributed by atoms with Gasteiger partial charge in [0, 0.05) is 5.56 Å². The van der Waals surface area contributed by atoms with Gasteiger partial charge in [0.2, 0.25) is 5.76 Å². The van der Waals surface area contributed by atoms with Crippen molar-refractivity contribution in [2.45, 2.75) is 12.7 Å². The van der Waals surface area contributed by atoms with Crippen molar-refractivity contribution >= 4 is 5.97 Å². The van der Waals surface area contributed by atoms with Crippen LogP contribution in [0.15, 0.2) is 72.2 Å². The molecule has 4 nitrogen and oxygen atoms in total. The molecule has 0 saturated carbocycles. The van der Waals surface area contributed by atoms with Gasteiger partial charge in [-0.3, -0.25) is 0 Å². The molecule has 4 heteroatoms. The van der Waals surface area contributed by atoms with E-state index in [1.54, 1.807) is 12.1 Å². The van der Waals surface area contributed by atoms with Crippen molar-refractivity contribution < 1.29 is 19.4 Å². The largest absolute Gasteiger partial charge is 0.505 e. The number of aliphatic hydroxyl groups excluding tert-OH is 1. The molecule has 1 unspecified atom stereocenters. The summed E-state index contributed by atoms with van der Waals surface area (Å²) in [5, 5.41) is 10.2. The molecule has 0 saturated heterocycles. The van der Waals surface area contributed by atoms with Gasteiger partial charge >= 0.3 is 5.97 Å². The Kier molecular flexibility index (Phi) is 3.60. The van der Waals surface area contributed by atoms with Crippen LogP contribution in [0.1, 0.15) is 17.2 Å². The van der Waals surface area contributed by atoms with Crippen LogP contribution < -0.4 is 0 Å². The predicted molar refractivity (Wildman–Crippen MR) is 76.2 cm³/mol. The molecule has 106 valence electrons. The highest BCUT2D eigenvalue weighted by atomic mass is 16.6. The lowest BCUT2D eigenvalue weighted by molar-refractivity contribution is -0.143. The summed E-state index contributed by atoms with van der Waals surface area (Å²) < 4.78 is 10.6. The lowest BCUT2D eigenvalue weighted by atomic mass is 10.1. The molecule has 0 fully saturated rings. The van der Waals surface area contributed by atoms with Gasteiger partial charge in [-0.2, -0.15) is 0 Å². The summed E-state index contributed by atoms with van der Waals surface area (Å²) in [6.45, 7) is 0.205. The van der Waals surface area contributed by atoms with Crippen molar-refractivity contribution in [3.63, 3.8) is 0 Å². The van der Waals surface area contributed by atoms with Gasteiger partial charge < -0.3 is 14.6 Å². The van der Waals surface area contributed by atoms with E-state index in [0.717, 1.165) is 5.56 Å². The van der Waals surface area contributed by atoms with E-state index in [9.17, 15) is 9.90 Å². The molecule has 2 aromatic carbocycles. The number of esters is 1. The van der Waals surface area contributed by atoms with Crippen molar-refractivity contribution in [2.24, 2.45) is 0 Å². The number of hydrogen-bond donors (Lipinski definition) is 1. The first kappa shape index (κ1) is 13.2. The van der Waals surface area contributed by atoms with Gasteiger partial charge in [-0.25, -0.2) is 4.79 Å². The number of ether oxygens (including phenoxy) is 2. The first-order chi connectivity index (χ1) is 10.3. The van der Waals surface area contributed by atoms with Crippen LogP contribution in [0, 0.1) is 0 Å². The first-order valence-corrected chi connectivity index (χ1v) is 6.61. The maximum atomic E-state index is 11.8. The molecule has 3 rings (SSSR count). The Morgan fingerprint density at radius 3 is 2.29 bits per heavy atom. The average Bonchev–Trinajstić information content (AvgIpc) is 2.82. The van der Waals surface area contributed by atoms with Crippen LogP contribution in [0.5, 0.6) is 0 Å². The second kappa shape index (κ2) is 5.71. The maximum absolute atomic E-state index is 11.8. The highest BCUT2D eigenvalue weighted by Crippen LogP contribution is 2.34. The quantitative estimate of drug-likeness (QED) is 0.874. The van der Waals surface area contributed by atoms with E-state index < -0.39 is 12.1 Å². The van der Waals surface area contributed by atoms with Crippen molar-refractivity contribution in [2.75, 3.05) is 0 Å². The number of carbonyl (C=O) groups is 1. The van der Waals surface area contributed by atoms with E-state index in [1.165, 1.54) is 0 Å². The van der Waals surface area contributed by atoms with Crippen LogP contribution in [0.3, 0.4) is 0 Å². The summed E-state index contributed by atoms with van der Waals surface area (Å²) in [5.74, 6) is -0.938. The Morgan fingerprint density at radius 2 is 1.62 bits per heavy atom. The third-order valence-electron chi connectivity index (χ3n) is 3.22. The standard InChI is InChI=1S/C17H14O4/c18-14-15(13-9-5-2-6-10-13)21-17(19)16(14)20-11-12-7-3-1-4-8-12/h1-10,15,18H,11H2. The molecule has 1 aliphatic heterocycles. The number of cyclic esters (lactones) is 1. The van der Waals surface area contributed by atoms with Crippen LogP contribution in [0.25, 0.3) is 0 Å². The summed E-state index contributed by atoms with van der Waals surface area (Å²) >= 11 is 0. The molecule has 0 radical (unpaired) electrons. The van der Waals surface area contributed by atoms with Gasteiger partial charge in [-0.15, -0.1) is 0 Å². The Morgan fingerprint density at radius 1 is 1.00 bits per heavy atom. The van der Waals surface area contributed by atoms with E-state index in [4.69, 9.17) is 9.47 Å². The topological polar surface area (TPSA) is 55.8 Å². The van der Waals surface area contributed by atoms with Gasteiger partial charge in [-0.05, 0) is 5.56 Å². The van der Waals surface area contributed by atoms with Crippen LogP contribution >= 0.6 is 0 Å². The minimum absolute atomic E-state index is 0.118. The number of aliphatic hydroxyl groups is 1. The molecule has 0 aromatic heterocycles. The fourth-order valence-electron chi connectivity index (χ4n) is 2.16. The minimum atomic E-state index is -0.788. The third kappa shape index (κ3) is 2.74. The zero-order valence-electron chi connectivity index (χ0n) is 11.2. The van der Waals surface area contributed by atoms with Gasteiger partial charge in [0.05, 0.1) is 0 Å². The number of rotatable bonds is 4. The van der Waals surface area contributed by atoms with Crippen molar-refractivity contribution in [3.8, 4) is 0 Å². The monoisotopic (exact) mass is 282 g/mol. The second-order valence-electron chi connectivity index (χ2n) is 4.68. The Balaban J connectivity index is 1.77. The maximum Gasteiger partial charge on any atom is 0.378 e. The Bertz CT molecular complexity index is 662. The molecule has 2 aromatic rings. The summed E-state index contributed by atoms with van der Waals surface area (Å²) in [5.41, 5.74) is 1.62. The normalized spacial score (nSPS) is 17.7. The SMILES string of the molecule is O=C1OC(c2ccccc2)C(O)=C1OCc1ccccc1. The fraction of sp³-hybridized carbons (Fsp3) is 0.118. The van der Waals surface area contributed by atoms with Gasteiger partial charge in [0.15, 0.2) is 11.9 Å². The molecule has 0 spiro atoms. The van der Waals surface area contributed by atoms with Crippen molar-refractivity contribution in [1.82, 2.24) is 0 Å². The predicted octanol–water partition coefficient (Wildman–Crippen LogP) is 3.27. The molecular formula is C17H14O4. The van der Waals surface area contributed by atoms with Crippen LogP contribution in [-0.2, 0) is 20.9 Å². The number of benzene rings is 2. The van der Waals surface area contributed by atoms with E-state index in [-0.39, 0.29) is 18.1 Å². The molecule has 0 amide bonds. The summed E-state index contributed by atoms with van der Waals surface area (Å²) in [6.07, 6.45) is -0.788. The van der Waals surface area contributed by atoms with Crippen LogP contribution in [0.2, 0.25) is 0 Å². The molecule has 0 aliphatic carbocycles. The molecule has 1 N–H and O–H groups in total. The fourth-order valence-corrected chi connectivity index (χ4v) is 2.16. The second-order valence-corrected chi connectivity index (χ2v) is 4.68.